The van der Waals surface area contributed by atoms with E-state index in [0.717, 1.165) is 11.1 Å². The summed E-state index contributed by atoms with van der Waals surface area (Å²) in [4.78, 5) is 11.4. The van der Waals surface area contributed by atoms with Crippen LogP contribution < -0.4 is 0 Å². The molecule has 1 atom stereocenters. The highest BCUT2D eigenvalue weighted by molar-refractivity contribution is 6.51. The molecule has 21 heavy (non-hydrogen) atoms. The molecule has 0 fully saturated rings. The molecule has 0 aromatic heterocycles. The van der Waals surface area contributed by atoms with Crippen LogP contribution in [-0.4, -0.2) is 28.5 Å². The molecule has 0 unspecified atom stereocenters. The number of rotatable bonds is 3. The van der Waals surface area contributed by atoms with E-state index in [-0.39, 0.29) is 5.91 Å². The number of hydrogen-bond acceptors (Lipinski definition) is 2. The van der Waals surface area contributed by atoms with E-state index in [4.69, 9.17) is 11.6 Å². The predicted molar refractivity (Wildman–Crippen MR) is 84.5 cm³/mol. The fraction of sp³-hybridized carbons (Fsp3) is 0.176. The molecule has 106 valence electrons. The van der Waals surface area contributed by atoms with Crippen LogP contribution in [0.5, 0.6) is 0 Å². The van der Waals surface area contributed by atoms with Gasteiger partial charge in [0.15, 0.2) is 4.87 Å². The van der Waals surface area contributed by atoms with Gasteiger partial charge in [-0.1, -0.05) is 60.7 Å². The zero-order valence-electron chi connectivity index (χ0n) is 11.7. The monoisotopic (exact) mass is 298 g/mol. The minimum Gasteiger partial charge on any atom is -0.270 e. The topological polar surface area (TPSA) is 32.7 Å². The second kappa shape index (κ2) is 5.34. The summed E-state index contributed by atoms with van der Waals surface area (Å²) >= 11 is 6.73. The van der Waals surface area contributed by atoms with Gasteiger partial charge in [0, 0.05) is 19.0 Å². The standard InChI is InChI=1S/C17H15ClN2O/c1-20-16(21)17(18,12-13-8-4-2-5-9-13)15(19-20)14-10-6-3-7-11-14/h2-11H,12H2,1H3/t17-/m1/s1. The Labute approximate surface area is 128 Å². The van der Waals surface area contributed by atoms with Crippen LogP contribution in [0.2, 0.25) is 0 Å². The van der Waals surface area contributed by atoms with Crippen molar-refractivity contribution in [1.29, 1.82) is 0 Å². The molecule has 1 amide bonds. The van der Waals surface area contributed by atoms with Gasteiger partial charge in [-0.3, -0.25) is 4.79 Å². The van der Waals surface area contributed by atoms with E-state index in [9.17, 15) is 4.79 Å². The van der Waals surface area contributed by atoms with Crippen LogP contribution in [-0.2, 0) is 11.2 Å². The van der Waals surface area contributed by atoms with Crippen molar-refractivity contribution in [2.45, 2.75) is 11.3 Å². The average Bonchev–Trinajstić information content (AvgIpc) is 2.74. The fourth-order valence-electron chi connectivity index (χ4n) is 2.55. The van der Waals surface area contributed by atoms with Gasteiger partial charge in [-0.25, -0.2) is 5.01 Å². The van der Waals surface area contributed by atoms with Crippen LogP contribution in [0.3, 0.4) is 0 Å². The molecule has 1 aliphatic rings. The molecule has 2 aromatic carbocycles. The highest BCUT2D eigenvalue weighted by Crippen LogP contribution is 2.33. The first-order valence-corrected chi connectivity index (χ1v) is 7.14. The molecule has 3 rings (SSSR count). The van der Waals surface area contributed by atoms with Crippen LogP contribution in [0.15, 0.2) is 65.8 Å². The average molecular weight is 299 g/mol. The summed E-state index contributed by atoms with van der Waals surface area (Å²) in [7, 11) is 1.64. The SMILES string of the molecule is CN1N=C(c2ccccc2)[C@](Cl)(Cc2ccccc2)C1=O. The maximum atomic E-state index is 12.5. The molecule has 1 aliphatic heterocycles. The molecule has 0 saturated carbocycles. The van der Waals surface area contributed by atoms with Crippen LogP contribution in [0, 0.1) is 0 Å². The summed E-state index contributed by atoms with van der Waals surface area (Å²) in [5.74, 6) is -0.188. The molecule has 0 radical (unpaired) electrons. The number of hydrogen-bond donors (Lipinski definition) is 0. The minimum absolute atomic E-state index is 0.188. The van der Waals surface area contributed by atoms with Gasteiger partial charge < -0.3 is 0 Å². The quantitative estimate of drug-likeness (QED) is 0.802. The Bertz CT molecular complexity index is 684. The zero-order valence-corrected chi connectivity index (χ0v) is 12.4. The third kappa shape index (κ3) is 2.45. The van der Waals surface area contributed by atoms with Crippen molar-refractivity contribution in [3.8, 4) is 0 Å². The van der Waals surface area contributed by atoms with Crippen molar-refractivity contribution in [3.63, 3.8) is 0 Å². The summed E-state index contributed by atoms with van der Waals surface area (Å²) in [6.45, 7) is 0. The molecule has 0 aliphatic carbocycles. The van der Waals surface area contributed by atoms with E-state index >= 15 is 0 Å². The van der Waals surface area contributed by atoms with E-state index in [2.05, 4.69) is 5.10 Å². The molecule has 4 heteroatoms. The Morgan fingerprint density at radius 3 is 2.24 bits per heavy atom. The molecule has 1 heterocycles. The molecule has 0 saturated heterocycles. The first-order chi connectivity index (χ1) is 10.1. The summed E-state index contributed by atoms with van der Waals surface area (Å²) in [5.41, 5.74) is 2.50. The smallest absolute Gasteiger partial charge is 0.270 e. The third-order valence-corrected chi connectivity index (χ3v) is 4.07. The predicted octanol–water partition coefficient (Wildman–Crippen LogP) is 3.08. The van der Waals surface area contributed by atoms with Crippen LogP contribution >= 0.6 is 11.6 Å². The highest BCUT2D eigenvalue weighted by Gasteiger charge is 2.49. The molecule has 0 spiro atoms. The van der Waals surface area contributed by atoms with E-state index in [1.807, 2.05) is 60.7 Å². The van der Waals surface area contributed by atoms with Crippen molar-refractivity contribution in [2.24, 2.45) is 5.10 Å². The number of carbonyl (C=O) groups excluding carboxylic acids is 1. The summed E-state index contributed by atoms with van der Waals surface area (Å²) in [6.07, 6.45) is 0.423. The van der Waals surface area contributed by atoms with Crippen LogP contribution in [0.25, 0.3) is 0 Å². The number of benzene rings is 2. The normalized spacial score (nSPS) is 21.5. The van der Waals surface area contributed by atoms with Gasteiger partial charge in [0.25, 0.3) is 5.91 Å². The minimum atomic E-state index is -1.14. The summed E-state index contributed by atoms with van der Waals surface area (Å²) in [6, 6.07) is 19.4. The number of alkyl halides is 1. The third-order valence-electron chi connectivity index (χ3n) is 3.60. The second-order valence-electron chi connectivity index (χ2n) is 5.11. The lowest BCUT2D eigenvalue weighted by atomic mass is 9.89. The lowest BCUT2D eigenvalue weighted by Gasteiger charge is -2.21. The maximum absolute atomic E-state index is 12.5. The zero-order chi connectivity index (χ0) is 14.9. The van der Waals surface area contributed by atoms with Crippen molar-refractivity contribution < 1.29 is 4.79 Å². The molecule has 0 bridgehead atoms. The Hall–Kier alpha value is -2.13. The van der Waals surface area contributed by atoms with E-state index < -0.39 is 4.87 Å². The Morgan fingerprint density at radius 1 is 1.05 bits per heavy atom. The van der Waals surface area contributed by atoms with Gasteiger partial charge in [0.1, 0.15) is 0 Å². The van der Waals surface area contributed by atoms with Gasteiger partial charge >= 0.3 is 0 Å². The highest BCUT2D eigenvalue weighted by atomic mass is 35.5. The largest absolute Gasteiger partial charge is 0.270 e. The number of amides is 1. The Balaban J connectivity index is 2.02. The van der Waals surface area contributed by atoms with Gasteiger partial charge in [-0.2, -0.15) is 5.10 Å². The Morgan fingerprint density at radius 2 is 1.62 bits per heavy atom. The number of carbonyl (C=O) groups is 1. The maximum Gasteiger partial charge on any atom is 0.270 e. The van der Waals surface area contributed by atoms with Gasteiger partial charge in [0.05, 0.1) is 5.71 Å². The molecule has 0 N–H and O–H groups in total. The van der Waals surface area contributed by atoms with E-state index in [1.165, 1.54) is 5.01 Å². The summed E-state index contributed by atoms with van der Waals surface area (Å²) < 4.78 is 0. The lowest BCUT2D eigenvalue weighted by molar-refractivity contribution is -0.129. The van der Waals surface area contributed by atoms with Crippen molar-refractivity contribution in [3.05, 3.63) is 71.8 Å². The van der Waals surface area contributed by atoms with Crippen LogP contribution in [0.4, 0.5) is 0 Å². The first kappa shape index (κ1) is 13.8. The first-order valence-electron chi connectivity index (χ1n) is 6.77. The fourth-order valence-corrected chi connectivity index (χ4v) is 2.97. The summed E-state index contributed by atoms with van der Waals surface area (Å²) in [5, 5.41) is 5.69. The molecule has 3 nitrogen and oxygen atoms in total. The molecule has 2 aromatic rings. The lowest BCUT2D eigenvalue weighted by Crippen LogP contribution is -2.42. The van der Waals surface area contributed by atoms with Crippen molar-refractivity contribution in [1.82, 2.24) is 5.01 Å². The van der Waals surface area contributed by atoms with Crippen molar-refractivity contribution in [2.75, 3.05) is 7.05 Å². The van der Waals surface area contributed by atoms with Crippen molar-refractivity contribution >= 4 is 23.2 Å². The number of hydrazone groups is 1. The van der Waals surface area contributed by atoms with Crippen LogP contribution in [0.1, 0.15) is 11.1 Å². The number of nitrogens with zero attached hydrogens (tertiary/aromatic N) is 2. The molecular formula is C17H15ClN2O. The van der Waals surface area contributed by atoms with E-state index in [1.54, 1.807) is 7.05 Å². The Kier molecular flexibility index (Phi) is 3.52. The van der Waals surface area contributed by atoms with Gasteiger partial charge in [0.2, 0.25) is 0 Å². The molecular weight excluding hydrogens is 284 g/mol. The number of halogens is 1. The second-order valence-corrected chi connectivity index (χ2v) is 5.75. The van der Waals surface area contributed by atoms with E-state index in [0.29, 0.717) is 12.1 Å². The van der Waals surface area contributed by atoms with Gasteiger partial charge in [-0.15, -0.1) is 11.6 Å². The van der Waals surface area contributed by atoms with Gasteiger partial charge in [-0.05, 0) is 5.56 Å².